The molecule has 0 rings (SSSR count). The number of hydrogen-bond donors (Lipinski definition) is 1. The molecule has 0 saturated heterocycles. The number of aliphatic hydroxyl groups is 1. The molecule has 0 amide bonds. The van der Waals surface area contributed by atoms with Gasteiger partial charge >= 0.3 is 5.97 Å². The first-order valence-electron chi connectivity index (χ1n) is 5.64. The number of Topliss-reactive ketones (excluding diaryl/α,β-unsaturated/α-hetero) is 1. The van der Waals surface area contributed by atoms with E-state index in [0.29, 0.717) is 19.7 Å². The largest absolute Gasteiger partial charge is 0.466 e. The van der Waals surface area contributed by atoms with Crippen molar-refractivity contribution in [2.45, 2.75) is 26.7 Å². The van der Waals surface area contributed by atoms with E-state index in [1.54, 1.807) is 6.92 Å². The van der Waals surface area contributed by atoms with Crippen molar-refractivity contribution in [3.05, 3.63) is 0 Å². The molecule has 0 aliphatic carbocycles. The normalized spacial score (nSPS) is 10.5. The number of ether oxygens (including phenoxy) is 1. The van der Waals surface area contributed by atoms with Crippen molar-refractivity contribution in [1.82, 2.24) is 4.90 Å². The summed E-state index contributed by atoms with van der Waals surface area (Å²) < 4.78 is 4.73. The van der Waals surface area contributed by atoms with E-state index < -0.39 is 0 Å². The van der Waals surface area contributed by atoms with Crippen molar-refractivity contribution in [3.8, 4) is 0 Å². The molecule has 0 aliphatic rings. The molecular formula is C11H21NO4. The van der Waals surface area contributed by atoms with E-state index in [-0.39, 0.29) is 37.7 Å². The third kappa shape index (κ3) is 7.36. The molecule has 0 fully saturated rings. The van der Waals surface area contributed by atoms with Crippen molar-refractivity contribution in [3.63, 3.8) is 0 Å². The Kier molecular flexibility index (Phi) is 8.75. The van der Waals surface area contributed by atoms with Gasteiger partial charge in [-0.25, -0.2) is 0 Å². The van der Waals surface area contributed by atoms with Crippen LogP contribution in [-0.2, 0) is 14.3 Å². The zero-order chi connectivity index (χ0) is 12.4. The molecule has 16 heavy (non-hydrogen) atoms. The Labute approximate surface area is 96.4 Å². The molecule has 0 saturated carbocycles. The summed E-state index contributed by atoms with van der Waals surface area (Å²) >= 11 is 0. The summed E-state index contributed by atoms with van der Waals surface area (Å²) in [5.41, 5.74) is 0. The Morgan fingerprint density at radius 3 is 2.44 bits per heavy atom. The highest BCUT2D eigenvalue weighted by atomic mass is 16.5. The minimum atomic E-state index is -0.332. The molecule has 0 aromatic heterocycles. The average Bonchev–Trinajstić information content (AvgIpc) is 2.26. The first-order chi connectivity index (χ1) is 7.63. The van der Waals surface area contributed by atoms with Crippen molar-refractivity contribution in [2.24, 2.45) is 0 Å². The molecule has 0 aromatic rings. The smallest absolute Gasteiger partial charge is 0.306 e. The minimum absolute atomic E-state index is 0.00310. The van der Waals surface area contributed by atoms with Gasteiger partial charge in [0, 0.05) is 13.0 Å². The van der Waals surface area contributed by atoms with Gasteiger partial charge in [-0.2, -0.15) is 0 Å². The van der Waals surface area contributed by atoms with Gasteiger partial charge in [-0.3, -0.25) is 14.5 Å². The monoisotopic (exact) mass is 231 g/mol. The van der Waals surface area contributed by atoms with E-state index in [4.69, 9.17) is 9.84 Å². The zero-order valence-electron chi connectivity index (χ0n) is 10.1. The third-order valence-electron chi connectivity index (χ3n) is 2.18. The number of rotatable bonds is 9. The zero-order valence-corrected chi connectivity index (χ0v) is 10.1. The van der Waals surface area contributed by atoms with Crippen molar-refractivity contribution >= 4 is 11.8 Å². The molecule has 0 bridgehead atoms. The predicted octanol–water partition coefficient (Wildman–Crippen LogP) is 0.213. The molecule has 0 radical (unpaired) electrons. The lowest BCUT2D eigenvalue weighted by Crippen LogP contribution is -2.32. The molecule has 5 heteroatoms. The SMILES string of the molecule is CCOC(=O)CCC(=O)CN(CC)CCO. The third-order valence-corrected chi connectivity index (χ3v) is 2.18. The summed E-state index contributed by atoms with van der Waals surface area (Å²) in [6, 6.07) is 0. The lowest BCUT2D eigenvalue weighted by atomic mass is 10.2. The number of carbonyl (C=O) groups excluding carboxylic acids is 2. The highest BCUT2D eigenvalue weighted by Crippen LogP contribution is 1.97. The van der Waals surface area contributed by atoms with Gasteiger partial charge in [0.25, 0.3) is 0 Å². The predicted molar refractivity (Wildman–Crippen MR) is 60.1 cm³/mol. The molecule has 0 spiro atoms. The van der Waals surface area contributed by atoms with Gasteiger partial charge in [0.15, 0.2) is 0 Å². The first kappa shape index (κ1) is 15.1. The number of aliphatic hydroxyl groups excluding tert-OH is 1. The highest BCUT2D eigenvalue weighted by Gasteiger charge is 2.11. The lowest BCUT2D eigenvalue weighted by molar-refractivity contribution is -0.144. The van der Waals surface area contributed by atoms with Crippen LogP contribution in [0.3, 0.4) is 0 Å². The molecule has 5 nitrogen and oxygen atoms in total. The molecule has 0 aliphatic heterocycles. The van der Waals surface area contributed by atoms with Crippen LogP contribution < -0.4 is 0 Å². The van der Waals surface area contributed by atoms with Gasteiger partial charge < -0.3 is 9.84 Å². The molecule has 94 valence electrons. The average molecular weight is 231 g/mol. The fourth-order valence-corrected chi connectivity index (χ4v) is 1.29. The summed E-state index contributed by atoms with van der Waals surface area (Å²) in [5.74, 6) is -0.329. The van der Waals surface area contributed by atoms with E-state index in [1.165, 1.54) is 0 Å². The molecule has 0 aromatic carbocycles. The molecular weight excluding hydrogens is 210 g/mol. The van der Waals surface area contributed by atoms with Gasteiger partial charge in [0.2, 0.25) is 0 Å². The fraction of sp³-hybridized carbons (Fsp3) is 0.818. The van der Waals surface area contributed by atoms with E-state index >= 15 is 0 Å². The van der Waals surface area contributed by atoms with E-state index in [0.717, 1.165) is 0 Å². The van der Waals surface area contributed by atoms with Crippen molar-refractivity contribution in [2.75, 3.05) is 32.8 Å². The molecule has 0 heterocycles. The molecule has 0 atom stereocenters. The quantitative estimate of drug-likeness (QED) is 0.575. The number of hydrogen-bond acceptors (Lipinski definition) is 5. The summed E-state index contributed by atoms with van der Waals surface area (Å²) in [7, 11) is 0. The number of esters is 1. The Morgan fingerprint density at radius 1 is 1.25 bits per heavy atom. The Hall–Kier alpha value is -0.940. The van der Waals surface area contributed by atoms with Crippen LogP contribution in [0, 0.1) is 0 Å². The van der Waals surface area contributed by atoms with Crippen LogP contribution in [-0.4, -0.2) is 54.6 Å². The number of likely N-dealkylation sites (N-methyl/N-ethyl adjacent to an activating group) is 1. The van der Waals surface area contributed by atoms with Crippen molar-refractivity contribution < 1.29 is 19.4 Å². The highest BCUT2D eigenvalue weighted by molar-refractivity contribution is 5.84. The summed E-state index contributed by atoms with van der Waals surface area (Å²) in [6.07, 6.45) is 0.351. The summed E-state index contributed by atoms with van der Waals surface area (Å²) in [4.78, 5) is 24.3. The Balaban J connectivity index is 3.75. The van der Waals surface area contributed by atoms with E-state index in [2.05, 4.69) is 0 Å². The maximum Gasteiger partial charge on any atom is 0.306 e. The van der Waals surface area contributed by atoms with Crippen molar-refractivity contribution in [1.29, 1.82) is 0 Å². The van der Waals surface area contributed by atoms with Crippen LogP contribution in [0.15, 0.2) is 0 Å². The van der Waals surface area contributed by atoms with Crippen LogP contribution in [0.25, 0.3) is 0 Å². The number of ketones is 1. The van der Waals surface area contributed by atoms with Gasteiger partial charge in [0.1, 0.15) is 5.78 Å². The van der Waals surface area contributed by atoms with E-state index in [9.17, 15) is 9.59 Å². The fourth-order valence-electron chi connectivity index (χ4n) is 1.29. The summed E-state index contributed by atoms with van der Waals surface area (Å²) in [5, 5.41) is 8.74. The van der Waals surface area contributed by atoms with Gasteiger partial charge in [-0.05, 0) is 13.5 Å². The second kappa shape index (κ2) is 9.30. The van der Waals surface area contributed by atoms with E-state index in [1.807, 2.05) is 11.8 Å². The number of nitrogens with zero attached hydrogens (tertiary/aromatic N) is 1. The topological polar surface area (TPSA) is 66.8 Å². The molecule has 1 N–H and O–H groups in total. The van der Waals surface area contributed by atoms with Crippen LogP contribution in [0.4, 0.5) is 0 Å². The maximum atomic E-state index is 11.5. The Bertz CT molecular complexity index is 218. The second-order valence-corrected chi connectivity index (χ2v) is 3.44. The second-order valence-electron chi connectivity index (χ2n) is 3.44. The number of carbonyl (C=O) groups is 2. The Morgan fingerprint density at radius 2 is 1.94 bits per heavy atom. The molecule has 0 unspecified atom stereocenters. The standard InChI is InChI=1S/C11H21NO4/c1-3-12(7-8-13)9-10(14)5-6-11(15)16-4-2/h13H,3-9H2,1-2H3. The van der Waals surface area contributed by atoms with Gasteiger partial charge in [-0.15, -0.1) is 0 Å². The first-order valence-corrected chi connectivity index (χ1v) is 5.64. The lowest BCUT2D eigenvalue weighted by Gasteiger charge is -2.17. The summed E-state index contributed by atoms with van der Waals surface area (Å²) in [6.45, 7) is 5.54. The van der Waals surface area contributed by atoms with Gasteiger partial charge in [-0.1, -0.05) is 6.92 Å². The van der Waals surface area contributed by atoms with Gasteiger partial charge in [0.05, 0.1) is 26.2 Å². The van der Waals surface area contributed by atoms with Crippen LogP contribution in [0.2, 0.25) is 0 Å². The van der Waals surface area contributed by atoms with Crippen LogP contribution in [0.1, 0.15) is 26.7 Å². The van der Waals surface area contributed by atoms with Crippen LogP contribution >= 0.6 is 0 Å². The van der Waals surface area contributed by atoms with Crippen LogP contribution in [0.5, 0.6) is 0 Å². The maximum absolute atomic E-state index is 11.5. The minimum Gasteiger partial charge on any atom is -0.466 e.